The number of ether oxygens (including phenoxy) is 1. The van der Waals surface area contributed by atoms with Crippen molar-refractivity contribution in [3.8, 4) is 17.3 Å². The molecular weight excluding hydrogens is 576 g/mol. The number of nitrogens with zero attached hydrogens (tertiary/aromatic N) is 6. The first-order chi connectivity index (χ1) is 21.8. The van der Waals surface area contributed by atoms with Gasteiger partial charge in [0.1, 0.15) is 29.8 Å². The number of pyridine rings is 1. The van der Waals surface area contributed by atoms with Gasteiger partial charge in [-0.05, 0) is 93.4 Å². The maximum Gasteiger partial charge on any atom is 0.319 e. The van der Waals surface area contributed by atoms with Crippen molar-refractivity contribution in [2.24, 2.45) is 5.41 Å². The van der Waals surface area contributed by atoms with E-state index in [4.69, 9.17) is 19.7 Å². The van der Waals surface area contributed by atoms with Crippen molar-refractivity contribution in [2.45, 2.75) is 88.4 Å². The number of fused-ring (bicyclic) bond motifs is 3. The molecule has 2 saturated carbocycles. The molecule has 2 N–H and O–H groups in total. The third-order valence-electron chi connectivity index (χ3n) is 11.4. The summed E-state index contributed by atoms with van der Waals surface area (Å²) in [6, 6.07) is 2.20. The number of piperidine rings is 1. The number of benzene rings is 1. The molecule has 1 spiro atoms. The number of nitrogens with one attached hydrogen (secondary N) is 1. The van der Waals surface area contributed by atoms with Crippen molar-refractivity contribution < 1.29 is 18.6 Å². The quantitative estimate of drug-likeness (QED) is 0.290. The summed E-state index contributed by atoms with van der Waals surface area (Å²) in [5.41, 5.74) is 3.98. The van der Waals surface area contributed by atoms with Gasteiger partial charge in [-0.15, -0.1) is 0 Å². The fraction of sp³-hybridized carbons (Fsp3) is 0.588. The van der Waals surface area contributed by atoms with E-state index in [0.29, 0.717) is 30.1 Å². The molecule has 3 saturated heterocycles. The predicted molar refractivity (Wildman–Crippen MR) is 167 cm³/mol. The minimum absolute atomic E-state index is 0.0405. The van der Waals surface area contributed by atoms with E-state index in [9.17, 15) is 9.50 Å². The van der Waals surface area contributed by atoms with Crippen molar-refractivity contribution >= 4 is 27.6 Å². The maximum absolute atomic E-state index is 17.1. The number of rotatable bonds is 6. The van der Waals surface area contributed by atoms with Crippen molar-refractivity contribution in [1.82, 2.24) is 30.0 Å². The highest BCUT2D eigenvalue weighted by molar-refractivity contribution is 5.99. The zero-order chi connectivity index (χ0) is 30.5. The van der Waals surface area contributed by atoms with E-state index in [-0.39, 0.29) is 40.9 Å². The van der Waals surface area contributed by atoms with Gasteiger partial charge in [0.2, 0.25) is 0 Å². The van der Waals surface area contributed by atoms with Crippen LogP contribution < -0.4 is 9.64 Å². The number of aryl methyl sites for hydroxylation is 1. The number of aliphatic hydroxyl groups excluding tert-OH is 1. The summed E-state index contributed by atoms with van der Waals surface area (Å²) in [4.78, 5) is 18.8. The molecule has 6 heterocycles. The van der Waals surface area contributed by atoms with Crippen molar-refractivity contribution in [3.63, 3.8) is 0 Å². The van der Waals surface area contributed by atoms with Crippen molar-refractivity contribution in [2.75, 3.05) is 37.7 Å². The SMILES string of the molecule is Cc1cc2[nH]ncc2c(-c2ncc3c(N4CCCC5(CC(O)C5)C4)nc(OC[C@@]45CCCN4C[C@H](F)C5)nc3c2F)c1C1CC1. The van der Waals surface area contributed by atoms with E-state index in [1.165, 1.54) is 0 Å². The fourth-order valence-electron chi connectivity index (χ4n) is 9.21. The van der Waals surface area contributed by atoms with Gasteiger partial charge < -0.3 is 14.7 Å². The number of aliphatic hydroxyl groups is 1. The monoisotopic (exact) mass is 615 g/mol. The molecule has 2 aliphatic carbocycles. The molecule has 2 atom stereocenters. The van der Waals surface area contributed by atoms with Crippen LogP contribution in [0.2, 0.25) is 0 Å². The lowest BCUT2D eigenvalue weighted by atomic mass is 9.62. The molecule has 3 aromatic heterocycles. The third kappa shape index (κ3) is 4.44. The first-order valence-corrected chi connectivity index (χ1v) is 16.6. The number of alkyl halides is 1. The van der Waals surface area contributed by atoms with E-state index in [0.717, 1.165) is 98.6 Å². The molecule has 0 unspecified atom stereocenters. The lowest BCUT2D eigenvalue weighted by molar-refractivity contribution is -0.0396. The first kappa shape index (κ1) is 27.8. The van der Waals surface area contributed by atoms with Gasteiger partial charge in [-0.1, -0.05) is 0 Å². The molecule has 9 rings (SSSR count). The average molecular weight is 616 g/mol. The van der Waals surface area contributed by atoms with E-state index in [2.05, 4.69) is 33.0 Å². The van der Waals surface area contributed by atoms with E-state index < -0.39 is 12.0 Å². The molecule has 0 radical (unpaired) electrons. The average Bonchev–Trinajstić information content (AvgIpc) is 3.47. The number of H-pyrrole nitrogens is 1. The molecule has 3 aliphatic heterocycles. The summed E-state index contributed by atoms with van der Waals surface area (Å²) in [5.74, 6) is 0.494. The fourth-order valence-corrected chi connectivity index (χ4v) is 9.21. The summed E-state index contributed by atoms with van der Waals surface area (Å²) < 4.78 is 37.9. The second-order valence-corrected chi connectivity index (χ2v) is 14.6. The minimum Gasteiger partial charge on any atom is -0.461 e. The summed E-state index contributed by atoms with van der Waals surface area (Å²) in [7, 11) is 0. The highest BCUT2D eigenvalue weighted by Crippen LogP contribution is 2.51. The Morgan fingerprint density at radius 3 is 2.76 bits per heavy atom. The highest BCUT2D eigenvalue weighted by Gasteiger charge is 2.50. The lowest BCUT2D eigenvalue weighted by Crippen LogP contribution is -2.52. The van der Waals surface area contributed by atoms with Crippen LogP contribution >= 0.6 is 0 Å². The van der Waals surface area contributed by atoms with E-state index in [1.807, 2.05) is 0 Å². The lowest BCUT2D eigenvalue weighted by Gasteiger charge is -2.51. The first-order valence-electron chi connectivity index (χ1n) is 16.6. The normalized spacial score (nSPS) is 30.0. The molecule has 45 heavy (non-hydrogen) atoms. The highest BCUT2D eigenvalue weighted by atomic mass is 19.1. The van der Waals surface area contributed by atoms with Crippen LogP contribution in [0.25, 0.3) is 33.1 Å². The zero-order valence-corrected chi connectivity index (χ0v) is 25.7. The predicted octanol–water partition coefficient (Wildman–Crippen LogP) is 5.59. The van der Waals surface area contributed by atoms with Gasteiger partial charge in [0.25, 0.3) is 0 Å². The zero-order valence-electron chi connectivity index (χ0n) is 25.7. The number of halogens is 2. The van der Waals surface area contributed by atoms with Crippen LogP contribution in [-0.2, 0) is 0 Å². The molecule has 0 amide bonds. The van der Waals surface area contributed by atoms with Crippen LogP contribution in [0.3, 0.4) is 0 Å². The van der Waals surface area contributed by atoms with Gasteiger partial charge >= 0.3 is 6.01 Å². The maximum atomic E-state index is 17.1. The van der Waals surface area contributed by atoms with Gasteiger partial charge in [-0.3, -0.25) is 15.0 Å². The van der Waals surface area contributed by atoms with Crippen LogP contribution in [0.4, 0.5) is 14.6 Å². The van der Waals surface area contributed by atoms with Gasteiger partial charge in [0.05, 0.1) is 28.7 Å². The molecule has 1 aromatic carbocycles. The van der Waals surface area contributed by atoms with Crippen molar-refractivity contribution in [1.29, 1.82) is 0 Å². The Bertz CT molecular complexity index is 1810. The Morgan fingerprint density at radius 2 is 1.93 bits per heavy atom. The molecule has 5 fully saturated rings. The van der Waals surface area contributed by atoms with Gasteiger partial charge in [-0.25, -0.2) is 8.78 Å². The van der Waals surface area contributed by atoms with Crippen LogP contribution in [-0.4, -0.2) is 85.8 Å². The van der Waals surface area contributed by atoms with Gasteiger partial charge in [-0.2, -0.15) is 15.1 Å². The van der Waals surface area contributed by atoms with Crippen LogP contribution in [0.1, 0.15) is 74.8 Å². The number of aromatic amines is 1. The molecule has 5 aliphatic rings. The summed E-state index contributed by atoms with van der Waals surface area (Å²) in [5, 5.41) is 18.9. The third-order valence-corrected chi connectivity index (χ3v) is 11.4. The van der Waals surface area contributed by atoms with E-state index in [1.54, 1.807) is 12.4 Å². The second-order valence-electron chi connectivity index (χ2n) is 14.6. The Kier molecular flexibility index (Phi) is 6.20. The standard InChI is InChI=1S/C34H39F2N7O2/c1-19-10-25-23(15-38-41-25)27(26(19)20-4-5-20)30-28(36)29-24(14-37-30)31(42-8-2-6-33(17-42)12-22(44)13-33)40-32(39-29)45-18-34-7-3-9-43(34)16-21(35)11-34/h10,14-15,20-22,44H,2-9,11-13,16-18H2,1H3,(H,38,41)/t21-,22?,33?,34+/m1/s1. The number of hydrogen-bond acceptors (Lipinski definition) is 8. The molecule has 4 aromatic rings. The Labute approximate surface area is 260 Å². The molecular formula is C34H39F2N7O2. The van der Waals surface area contributed by atoms with Crippen LogP contribution in [0.5, 0.6) is 6.01 Å². The molecule has 11 heteroatoms. The molecule has 9 nitrogen and oxygen atoms in total. The smallest absolute Gasteiger partial charge is 0.319 e. The Hall–Kier alpha value is -3.44. The molecule has 236 valence electrons. The number of hydrogen-bond donors (Lipinski definition) is 2. The number of aromatic nitrogens is 5. The largest absolute Gasteiger partial charge is 0.461 e. The van der Waals surface area contributed by atoms with Crippen molar-refractivity contribution in [3.05, 3.63) is 35.4 Å². The van der Waals surface area contributed by atoms with E-state index >= 15 is 4.39 Å². The molecule has 0 bridgehead atoms. The van der Waals surface area contributed by atoms with Gasteiger partial charge in [0.15, 0.2) is 5.82 Å². The topological polar surface area (TPSA) is 103 Å². The number of anilines is 1. The minimum atomic E-state index is -0.870. The summed E-state index contributed by atoms with van der Waals surface area (Å²) in [6.07, 6.45) is 10.4. The summed E-state index contributed by atoms with van der Waals surface area (Å²) >= 11 is 0. The van der Waals surface area contributed by atoms with Crippen LogP contribution in [0.15, 0.2) is 18.5 Å². The van der Waals surface area contributed by atoms with Gasteiger partial charge in [0, 0.05) is 43.2 Å². The second kappa shape index (κ2) is 10.0. The summed E-state index contributed by atoms with van der Waals surface area (Å²) in [6.45, 7) is 5.14. The van der Waals surface area contributed by atoms with Crippen LogP contribution in [0, 0.1) is 18.2 Å². The Balaban J connectivity index is 1.18. The Morgan fingerprint density at radius 1 is 1.09 bits per heavy atom.